The first-order valence-corrected chi connectivity index (χ1v) is 41.1. The standard InChI is InChI=1S/C60H102O27S8.8Na/c61-46(62)9-33-88-25-1-17-77-41-44-54(80-20-4-28-91-36-12-49(67)68)56(82-22-6-30-93-38-14-51(71)72)57(83-23-7-31-94-39-15-52(73)74)59(85-44)87-60(43-79-19-3-27-90-35-11-48(65)66)58(84-24-8-32-95-40-16-53(75)76)55(81-21-5-29-92-37-13-50(69)70)45(86-60)42-78-18-2-26-89-34-10-47(63)64;;;;;;;;/h44-45,54-59H,1-43H2,(H,61,62)(H,63,64)(H,65,66)(H,67,68)(H,69,70)(H,71,72)(H,73,74)(H,75,76);;;;;;;;/q;8*+1/p-8/t44-,45-,54-,55-,56+,57-,58+,59-,60+;;;;;;;;/m1......../s1. The molecule has 2 saturated heterocycles. The molecule has 0 aromatic heterocycles. The molecule has 2 fully saturated rings. The maximum atomic E-state index is 11.3. The molecule has 0 aromatic rings. The van der Waals surface area contributed by atoms with Gasteiger partial charge in [0, 0.05) is 101 Å². The number of aliphatic carboxylic acids is 8. The molecular formula is C60H94Na8O27S8. The summed E-state index contributed by atoms with van der Waals surface area (Å²) in [6.07, 6.45) is -6.28. The number of rotatable bonds is 69. The zero-order valence-corrected chi connectivity index (χ0v) is 84.3. The monoisotopic (exact) mass is 1690 g/mol. The molecule has 0 amide bonds. The van der Waals surface area contributed by atoms with Crippen molar-refractivity contribution in [3.8, 4) is 0 Å². The number of carboxylic acid groups (broad SMARTS) is 8. The Bertz CT molecular complexity index is 2120. The van der Waals surface area contributed by atoms with Gasteiger partial charge in [-0.3, -0.25) is 0 Å². The molecule has 2 aliphatic heterocycles. The molecule has 2 heterocycles. The summed E-state index contributed by atoms with van der Waals surface area (Å²) < 4.78 is 75.0. The van der Waals surface area contributed by atoms with Crippen molar-refractivity contribution in [2.45, 2.75) is 158 Å². The molecule has 0 spiro atoms. The van der Waals surface area contributed by atoms with Crippen molar-refractivity contribution in [3.05, 3.63) is 0 Å². The minimum Gasteiger partial charge on any atom is -0.550 e. The summed E-state index contributed by atoms with van der Waals surface area (Å²) in [5.74, 6) is -4.82. The molecule has 552 valence electrons. The fourth-order valence-electron chi connectivity index (χ4n) is 8.85. The van der Waals surface area contributed by atoms with E-state index in [0.29, 0.717) is 132 Å². The van der Waals surface area contributed by atoms with Crippen LogP contribution in [0.15, 0.2) is 0 Å². The first-order chi connectivity index (χ1) is 45.8. The van der Waals surface area contributed by atoms with Crippen molar-refractivity contribution in [3.63, 3.8) is 0 Å². The van der Waals surface area contributed by atoms with Crippen LogP contribution in [0.2, 0.25) is 0 Å². The molecule has 0 saturated carbocycles. The van der Waals surface area contributed by atoms with Gasteiger partial charge in [0.2, 0.25) is 5.79 Å². The van der Waals surface area contributed by atoms with Crippen molar-refractivity contribution < 1.29 is 368 Å². The number of carboxylic acids is 8. The second kappa shape index (κ2) is 83.2. The van der Waals surface area contributed by atoms with E-state index >= 15 is 0 Å². The third-order valence-corrected chi connectivity index (χ3v) is 21.8. The smallest absolute Gasteiger partial charge is 0.550 e. The first kappa shape index (κ1) is 122. The quantitative estimate of drug-likeness (QED) is 0.0403. The molecule has 9 atom stereocenters. The Balaban J connectivity index is -0.00000230. The Morgan fingerprint density at radius 3 is 0.854 bits per heavy atom. The molecule has 0 bridgehead atoms. The summed E-state index contributed by atoms with van der Waals surface area (Å²) >= 11 is 11.2. The number of carbonyl (C=O) groups is 8. The van der Waals surface area contributed by atoms with Gasteiger partial charge in [0.1, 0.15) is 49.3 Å². The number of hydrogen-bond donors (Lipinski definition) is 0. The predicted molar refractivity (Wildman–Crippen MR) is 351 cm³/mol. The molecule has 0 aliphatic carbocycles. The summed E-state index contributed by atoms with van der Waals surface area (Å²) in [6.45, 7) is 0.427. The number of ether oxygens (including phenoxy) is 11. The van der Waals surface area contributed by atoms with E-state index in [1.165, 1.54) is 94.1 Å². The molecule has 103 heavy (non-hydrogen) atoms. The van der Waals surface area contributed by atoms with Crippen LogP contribution >= 0.6 is 94.1 Å². The van der Waals surface area contributed by atoms with E-state index in [-0.39, 0.29) is 372 Å². The fourth-order valence-corrected chi connectivity index (χ4v) is 15.6. The molecule has 2 rings (SSSR count). The van der Waals surface area contributed by atoms with Crippen LogP contribution in [0.25, 0.3) is 0 Å². The second-order valence-electron chi connectivity index (χ2n) is 21.2. The molecule has 2 aliphatic rings. The zero-order valence-electron chi connectivity index (χ0n) is 61.8. The van der Waals surface area contributed by atoms with Crippen LogP contribution in [0.1, 0.15) is 103 Å². The fraction of sp³-hybridized carbons (Fsp3) is 0.867. The van der Waals surface area contributed by atoms with Crippen LogP contribution in [-0.4, -0.2) is 267 Å². The average Bonchev–Trinajstić information content (AvgIpc) is 1.65. The van der Waals surface area contributed by atoms with Gasteiger partial charge in [0.15, 0.2) is 6.29 Å². The molecule has 0 radical (unpaired) electrons. The Hall–Kier alpha value is 6.12. The summed E-state index contributed by atoms with van der Waals surface area (Å²) in [6, 6.07) is 0. The molecule has 43 heteroatoms. The Morgan fingerprint density at radius 1 is 0.291 bits per heavy atom. The molecule has 0 N–H and O–H groups in total. The van der Waals surface area contributed by atoms with Gasteiger partial charge in [-0.1, -0.05) is 0 Å². The third-order valence-electron chi connectivity index (χ3n) is 13.3. The third kappa shape index (κ3) is 67.7. The maximum absolute atomic E-state index is 11.3. The van der Waals surface area contributed by atoms with Crippen LogP contribution in [0.4, 0.5) is 0 Å². The topological polar surface area (TPSA) is 423 Å². The second-order valence-corrected chi connectivity index (χ2v) is 31.0. The van der Waals surface area contributed by atoms with Crippen LogP contribution in [0, 0.1) is 0 Å². The summed E-state index contributed by atoms with van der Waals surface area (Å²) in [5.41, 5.74) is 0. The molecular weight excluding hydrogens is 1590 g/mol. The van der Waals surface area contributed by atoms with Crippen molar-refractivity contribution in [2.24, 2.45) is 0 Å². The molecule has 0 unspecified atom stereocenters. The van der Waals surface area contributed by atoms with Gasteiger partial charge in [0.25, 0.3) is 0 Å². The summed E-state index contributed by atoms with van der Waals surface area (Å²) in [7, 11) is 0. The molecule has 27 nitrogen and oxygen atoms in total. The number of hydrogen-bond acceptors (Lipinski definition) is 35. The average molecular weight is 1690 g/mol. The first-order valence-electron chi connectivity index (χ1n) is 31.9. The van der Waals surface area contributed by atoms with Gasteiger partial charge < -0.3 is 131 Å². The Morgan fingerprint density at radius 2 is 0.544 bits per heavy atom. The van der Waals surface area contributed by atoms with E-state index in [9.17, 15) is 79.2 Å². The van der Waals surface area contributed by atoms with Crippen molar-refractivity contribution >= 4 is 142 Å². The largest absolute Gasteiger partial charge is 1.00 e. The number of carbonyl (C=O) groups excluding carboxylic acids is 8. The van der Waals surface area contributed by atoms with Gasteiger partial charge in [-0.2, -0.15) is 94.1 Å². The van der Waals surface area contributed by atoms with Crippen molar-refractivity contribution in [2.75, 3.05) is 165 Å². The molecule has 0 aromatic carbocycles. The van der Waals surface area contributed by atoms with Gasteiger partial charge in [0.05, 0.1) is 13.2 Å². The Kier molecular flexibility index (Phi) is 98.8. The predicted octanol–water partition coefficient (Wildman–Crippen LogP) is -27.1. The minimum atomic E-state index is -1.98. The van der Waals surface area contributed by atoms with E-state index in [4.69, 9.17) is 52.1 Å². The zero-order chi connectivity index (χ0) is 69.6. The van der Waals surface area contributed by atoms with E-state index in [0.717, 1.165) is 0 Å². The summed E-state index contributed by atoms with van der Waals surface area (Å²) in [4.78, 5) is 89.7. The SMILES string of the molecule is O=C([O-])CCSCCCOC[C@H]1O[C@@](COCCCSCCC(=O)[O-])(O[C@H]2O[C@H](COCCCSCCC(=O)[O-])[C@@H](OCCCSCCC(=O)[O-])[C@H](OCCCSCCC(=O)[O-])[C@H]2OCCCSCCC(=O)[O-])[C@@H](OCCCSCCC(=O)[O-])[C@@H]1OCCCSCCC(=O)[O-].[Na+].[Na+].[Na+].[Na+].[Na+].[Na+].[Na+].[Na+]. The Labute approximate surface area is 818 Å². The van der Waals surface area contributed by atoms with Crippen LogP contribution in [-0.2, 0) is 90.5 Å². The van der Waals surface area contributed by atoms with E-state index in [1.807, 2.05) is 0 Å². The minimum absolute atomic E-state index is 0. The van der Waals surface area contributed by atoms with Gasteiger partial charge in [-0.05, 0) is 195 Å². The van der Waals surface area contributed by atoms with Crippen LogP contribution in [0.3, 0.4) is 0 Å². The van der Waals surface area contributed by atoms with Gasteiger partial charge >= 0.3 is 236 Å². The summed E-state index contributed by atoms with van der Waals surface area (Å²) in [5, 5.41) is 89.7. The van der Waals surface area contributed by atoms with Gasteiger partial charge in [-0.15, -0.1) is 0 Å². The normalized spacial score (nSPS) is 19.4. The van der Waals surface area contributed by atoms with Crippen LogP contribution < -0.4 is 277 Å². The number of thioether (sulfide) groups is 8. The van der Waals surface area contributed by atoms with E-state index < -0.39 is 103 Å². The van der Waals surface area contributed by atoms with Crippen LogP contribution in [0.5, 0.6) is 0 Å². The van der Waals surface area contributed by atoms with Gasteiger partial charge in [-0.25, -0.2) is 0 Å². The van der Waals surface area contributed by atoms with E-state index in [2.05, 4.69) is 0 Å². The van der Waals surface area contributed by atoms with Crippen molar-refractivity contribution in [1.29, 1.82) is 0 Å². The van der Waals surface area contributed by atoms with Crippen molar-refractivity contribution in [1.82, 2.24) is 0 Å². The maximum Gasteiger partial charge on any atom is 1.00 e. The van der Waals surface area contributed by atoms with E-state index in [1.54, 1.807) is 0 Å².